The molecule has 0 bridgehead atoms. The Bertz CT molecular complexity index is 1160. The highest BCUT2D eigenvalue weighted by molar-refractivity contribution is 6.31. The molecule has 0 radical (unpaired) electrons. The van der Waals surface area contributed by atoms with Crippen molar-refractivity contribution in [2.45, 2.75) is 31.8 Å². The van der Waals surface area contributed by atoms with Crippen molar-refractivity contribution in [3.63, 3.8) is 0 Å². The van der Waals surface area contributed by atoms with E-state index < -0.39 is 0 Å². The van der Waals surface area contributed by atoms with Gasteiger partial charge in [-0.25, -0.2) is 18.7 Å². The second-order valence-electron chi connectivity index (χ2n) is 8.36. The third kappa shape index (κ3) is 4.71. The maximum atomic E-state index is 13.9. The zero-order chi connectivity index (χ0) is 22.2. The zero-order valence-electron chi connectivity index (χ0n) is 18.2. The van der Waals surface area contributed by atoms with Crippen LogP contribution in [0, 0.1) is 5.82 Å². The van der Waals surface area contributed by atoms with Crippen LogP contribution in [0.15, 0.2) is 36.7 Å². The summed E-state index contributed by atoms with van der Waals surface area (Å²) in [6, 6.07) is 6.39. The van der Waals surface area contributed by atoms with Gasteiger partial charge in [-0.05, 0) is 49.6 Å². The van der Waals surface area contributed by atoms with Crippen molar-refractivity contribution in [1.82, 2.24) is 24.8 Å². The number of hydrogen-bond acceptors (Lipinski definition) is 5. The van der Waals surface area contributed by atoms with Gasteiger partial charge in [-0.3, -0.25) is 0 Å². The molecule has 2 aliphatic heterocycles. The molecular formula is C22H26Cl2FN7O. The lowest BCUT2D eigenvalue weighted by Crippen LogP contribution is -2.52. The molecule has 0 spiro atoms. The molecule has 2 fully saturated rings. The predicted octanol–water partition coefficient (Wildman–Crippen LogP) is 4.11. The molecule has 0 aliphatic carbocycles. The Kier molecular flexibility index (Phi) is 6.92. The molecule has 0 saturated carbocycles. The van der Waals surface area contributed by atoms with Crippen LogP contribution in [-0.2, 0) is 0 Å². The van der Waals surface area contributed by atoms with Crippen LogP contribution in [0.25, 0.3) is 5.65 Å². The Labute approximate surface area is 202 Å². The van der Waals surface area contributed by atoms with Crippen LogP contribution in [0.4, 0.5) is 20.7 Å². The van der Waals surface area contributed by atoms with Crippen molar-refractivity contribution < 1.29 is 9.18 Å². The Morgan fingerprint density at radius 3 is 2.97 bits per heavy atom. The van der Waals surface area contributed by atoms with E-state index in [9.17, 15) is 9.18 Å². The molecule has 2 atom stereocenters. The van der Waals surface area contributed by atoms with E-state index in [-0.39, 0.29) is 36.3 Å². The summed E-state index contributed by atoms with van der Waals surface area (Å²) in [6.45, 7) is 4.91. The quantitative estimate of drug-likeness (QED) is 0.573. The summed E-state index contributed by atoms with van der Waals surface area (Å²) in [6.07, 6.45) is 5.25. The van der Waals surface area contributed by atoms with Gasteiger partial charge in [0.1, 0.15) is 17.3 Å². The molecule has 5 rings (SSSR count). The average Bonchev–Trinajstić information content (AvgIpc) is 3.42. The van der Waals surface area contributed by atoms with Gasteiger partial charge >= 0.3 is 6.03 Å². The smallest absolute Gasteiger partial charge is 0.322 e. The standard InChI is InChI=1S/C22H25ClFN7O.ClH/c1-14-13-29(10-7-25-14)22(32)27-18-12-26-31-9-6-20(28-21(18)31)30-8-2-3-19(30)16-11-15(24)4-5-17(16)23;/h4-6,9,11-12,14,19,25H,2-3,7-8,10,13H2,1H3,(H,27,32);1H. The van der Waals surface area contributed by atoms with Crippen molar-refractivity contribution >= 4 is 47.2 Å². The summed E-state index contributed by atoms with van der Waals surface area (Å²) in [7, 11) is 0. The first kappa shape index (κ1) is 23.5. The van der Waals surface area contributed by atoms with Gasteiger partial charge in [0.25, 0.3) is 0 Å². The van der Waals surface area contributed by atoms with Crippen molar-refractivity contribution in [2.24, 2.45) is 0 Å². The summed E-state index contributed by atoms with van der Waals surface area (Å²) >= 11 is 6.39. The zero-order valence-corrected chi connectivity index (χ0v) is 19.7. The second kappa shape index (κ2) is 9.70. The number of nitrogens with zero attached hydrogens (tertiary/aromatic N) is 5. The van der Waals surface area contributed by atoms with Gasteiger partial charge in [0.2, 0.25) is 0 Å². The first-order chi connectivity index (χ1) is 15.5. The number of carbonyl (C=O) groups excluding carboxylic acids is 1. The highest BCUT2D eigenvalue weighted by atomic mass is 35.5. The average molecular weight is 494 g/mol. The minimum atomic E-state index is -0.303. The maximum absolute atomic E-state index is 13.9. The Morgan fingerprint density at radius 2 is 2.15 bits per heavy atom. The molecule has 1 aromatic carbocycles. The fourth-order valence-electron chi connectivity index (χ4n) is 4.55. The maximum Gasteiger partial charge on any atom is 0.322 e. The Morgan fingerprint density at radius 1 is 1.30 bits per heavy atom. The van der Waals surface area contributed by atoms with Crippen LogP contribution >= 0.6 is 24.0 Å². The van der Waals surface area contributed by atoms with Crippen LogP contribution in [-0.4, -0.2) is 57.7 Å². The number of nitrogens with one attached hydrogen (secondary N) is 2. The fourth-order valence-corrected chi connectivity index (χ4v) is 4.80. The molecular weight excluding hydrogens is 468 g/mol. The van der Waals surface area contributed by atoms with Gasteiger partial charge in [-0.15, -0.1) is 12.4 Å². The number of amides is 2. The molecule has 3 aromatic rings. The van der Waals surface area contributed by atoms with Crippen LogP contribution in [0.3, 0.4) is 0 Å². The van der Waals surface area contributed by atoms with E-state index in [0.29, 0.717) is 29.4 Å². The molecule has 2 amide bonds. The lowest BCUT2D eigenvalue weighted by atomic mass is 10.0. The molecule has 33 heavy (non-hydrogen) atoms. The molecule has 2 aromatic heterocycles. The monoisotopic (exact) mass is 493 g/mol. The summed E-state index contributed by atoms with van der Waals surface area (Å²) in [5, 5.41) is 11.2. The molecule has 11 heteroatoms. The lowest BCUT2D eigenvalue weighted by Gasteiger charge is -2.31. The van der Waals surface area contributed by atoms with E-state index in [1.165, 1.54) is 12.1 Å². The predicted molar refractivity (Wildman–Crippen MR) is 129 cm³/mol. The number of anilines is 2. The molecule has 4 heterocycles. The van der Waals surface area contributed by atoms with Gasteiger partial charge in [-0.1, -0.05) is 11.6 Å². The summed E-state index contributed by atoms with van der Waals surface area (Å²) in [5.41, 5.74) is 1.89. The number of urea groups is 1. The van der Waals surface area contributed by atoms with Crippen LogP contribution in [0.2, 0.25) is 5.02 Å². The van der Waals surface area contributed by atoms with Gasteiger partial charge < -0.3 is 20.4 Å². The Balaban J connectivity index is 0.00000259. The van der Waals surface area contributed by atoms with Crippen LogP contribution in [0.5, 0.6) is 0 Å². The van der Waals surface area contributed by atoms with Crippen molar-refractivity contribution in [3.8, 4) is 0 Å². The number of carbonyl (C=O) groups is 1. The van der Waals surface area contributed by atoms with Gasteiger partial charge in [0, 0.05) is 43.4 Å². The molecule has 2 aliphatic rings. The third-order valence-corrected chi connectivity index (χ3v) is 6.46. The first-order valence-corrected chi connectivity index (χ1v) is 11.2. The van der Waals surface area contributed by atoms with Crippen LogP contribution in [0.1, 0.15) is 31.4 Å². The van der Waals surface area contributed by atoms with Gasteiger partial charge in [0.15, 0.2) is 5.65 Å². The number of piperazine rings is 1. The molecule has 2 N–H and O–H groups in total. The number of rotatable bonds is 3. The normalized spacial score (nSPS) is 20.7. The van der Waals surface area contributed by atoms with E-state index in [2.05, 4.69) is 27.6 Å². The number of fused-ring (bicyclic) bond motifs is 1. The van der Waals surface area contributed by atoms with Crippen molar-refractivity contribution in [1.29, 1.82) is 0 Å². The molecule has 176 valence electrons. The minimum absolute atomic E-state index is 0. The SMILES string of the molecule is CC1CN(C(=O)Nc2cnn3ccc(N4CCCC4c4cc(F)ccc4Cl)nc23)CCN1.Cl. The lowest BCUT2D eigenvalue weighted by molar-refractivity contribution is 0.192. The number of halogens is 3. The van der Waals surface area contributed by atoms with Gasteiger partial charge in [-0.2, -0.15) is 5.10 Å². The molecule has 2 saturated heterocycles. The van der Waals surface area contributed by atoms with E-state index in [4.69, 9.17) is 16.6 Å². The van der Waals surface area contributed by atoms with E-state index in [1.54, 1.807) is 21.7 Å². The van der Waals surface area contributed by atoms with Crippen molar-refractivity contribution in [2.75, 3.05) is 36.4 Å². The van der Waals surface area contributed by atoms with E-state index >= 15 is 0 Å². The molecule has 8 nitrogen and oxygen atoms in total. The number of hydrogen-bond donors (Lipinski definition) is 2. The number of aromatic nitrogens is 3. The topological polar surface area (TPSA) is 77.8 Å². The summed E-state index contributed by atoms with van der Waals surface area (Å²) in [4.78, 5) is 21.5. The highest BCUT2D eigenvalue weighted by Gasteiger charge is 2.30. The van der Waals surface area contributed by atoms with E-state index in [1.807, 2.05) is 12.3 Å². The second-order valence-corrected chi connectivity index (χ2v) is 8.77. The highest BCUT2D eigenvalue weighted by Crippen LogP contribution is 2.38. The fraction of sp³-hybridized carbons (Fsp3) is 0.409. The van der Waals surface area contributed by atoms with Crippen LogP contribution < -0.4 is 15.5 Å². The third-order valence-electron chi connectivity index (χ3n) is 6.12. The first-order valence-electron chi connectivity index (χ1n) is 10.8. The van der Waals surface area contributed by atoms with Crippen molar-refractivity contribution in [3.05, 3.63) is 53.1 Å². The largest absolute Gasteiger partial charge is 0.349 e. The summed E-state index contributed by atoms with van der Waals surface area (Å²) < 4.78 is 15.5. The Hall–Kier alpha value is -2.62. The number of benzene rings is 1. The van der Waals surface area contributed by atoms with Gasteiger partial charge in [0.05, 0.1) is 12.2 Å². The summed E-state index contributed by atoms with van der Waals surface area (Å²) in [5.74, 6) is 0.440. The molecule has 2 unspecified atom stereocenters. The van der Waals surface area contributed by atoms with E-state index in [0.717, 1.165) is 37.3 Å². The minimum Gasteiger partial charge on any atom is -0.349 e.